The van der Waals surface area contributed by atoms with Gasteiger partial charge in [0.1, 0.15) is 5.75 Å². The number of ether oxygens (including phenoxy) is 1. The Balaban J connectivity index is 2.44. The first-order valence-electron chi connectivity index (χ1n) is 7.01. The van der Waals surface area contributed by atoms with E-state index in [4.69, 9.17) is 4.74 Å². The van der Waals surface area contributed by atoms with Crippen molar-refractivity contribution in [1.82, 2.24) is 5.32 Å². The zero-order valence-corrected chi connectivity index (χ0v) is 15.4. The normalized spacial score (nSPS) is 12.2. The van der Waals surface area contributed by atoms with Gasteiger partial charge >= 0.3 is 0 Å². The van der Waals surface area contributed by atoms with Crippen LogP contribution in [-0.4, -0.2) is 13.7 Å². The Morgan fingerprint density at radius 1 is 1.10 bits per heavy atom. The van der Waals surface area contributed by atoms with E-state index in [0.717, 1.165) is 33.3 Å². The summed E-state index contributed by atoms with van der Waals surface area (Å²) in [4.78, 5) is 0. The molecule has 2 nitrogen and oxygen atoms in total. The van der Waals surface area contributed by atoms with Gasteiger partial charge in [-0.25, -0.2) is 0 Å². The second-order valence-electron chi connectivity index (χ2n) is 4.77. The van der Waals surface area contributed by atoms with Gasteiger partial charge < -0.3 is 10.1 Å². The molecule has 0 fully saturated rings. The van der Waals surface area contributed by atoms with Gasteiger partial charge in [-0.1, -0.05) is 57.0 Å². The number of hydrogen-bond acceptors (Lipinski definition) is 2. The molecule has 1 N–H and O–H groups in total. The molecule has 0 aliphatic heterocycles. The van der Waals surface area contributed by atoms with Crippen LogP contribution in [0.3, 0.4) is 0 Å². The fraction of sp³-hybridized carbons (Fsp3) is 0.294. The fourth-order valence-corrected chi connectivity index (χ4v) is 3.13. The summed E-state index contributed by atoms with van der Waals surface area (Å²) >= 11 is 7.19. The minimum absolute atomic E-state index is 0.0740. The van der Waals surface area contributed by atoms with Crippen LogP contribution < -0.4 is 10.1 Å². The maximum absolute atomic E-state index is 5.89. The molecule has 0 amide bonds. The van der Waals surface area contributed by atoms with Crippen molar-refractivity contribution >= 4 is 31.9 Å². The van der Waals surface area contributed by atoms with Crippen molar-refractivity contribution in [3.8, 4) is 5.75 Å². The monoisotopic (exact) mass is 411 g/mol. The van der Waals surface area contributed by atoms with Gasteiger partial charge in [0.25, 0.3) is 0 Å². The maximum Gasteiger partial charge on any atom is 0.124 e. The van der Waals surface area contributed by atoms with Gasteiger partial charge in [-0.15, -0.1) is 0 Å². The summed E-state index contributed by atoms with van der Waals surface area (Å²) in [7, 11) is 1.97. The molecular formula is C17H19Br2NO. The molecule has 0 aromatic heterocycles. The lowest BCUT2D eigenvalue weighted by Gasteiger charge is -2.22. The van der Waals surface area contributed by atoms with Crippen LogP contribution in [0.1, 0.15) is 30.5 Å². The molecule has 0 saturated carbocycles. The van der Waals surface area contributed by atoms with E-state index in [1.807, 2.05) is 31.3 Å². The summed E-state index contributed by atoms with van der Waals surface area (Å²) in [5.74, 6) is 0.936. The number of benzene rings is 2. The topological polar surface area (TPSA) is 21.3 Å². The summed E-state index contributed by atoms with van der Waals surface area (Å²) in [6.07, 6.45) is 0.999. The van der Waals surface area contributed by atoms with Crippen LogP contribution in [0.2, 0.25) is 0 Å². The lowest BCUT2D eigenvalue weighted by Crippen LogP contribution is -2.19. The van der Waals surface area contributed by atoms with Crippen LogP contribution >= 0.6 is 31.9 Å². The fourth-order valence-electron chi connectivity index (χ4n) is 2.28. The molecule has 1 atom stereocenters. The largest absolute Gasteiger partial charge is 0.493 e. The molecule has 0 aliphatic rings. The highest BCUT2D eigenvalue weighted by molar-refractivity contribution is 9.11. The Kier molecular flexibility index (Phi) is 6.27. The van der Waals surface area contributed by atoms with Crippen molar-refractivity contribution < 1.29 is 4.74 Å². The Morgan fingerprint density at radius 2 is 1.86 bits per heavy atom. The van der Waals surface area contributed by atoms with Crippen molar-refractivity contribution in [1.29, 1.82) is 0 Å². The highest BCUT2D eigenvalue weighted by atomic mass is 79.9. The molecular weight excluding hydrogens is 394 g/mol. The highest BCUT2D eigenvalue weighted by Gasteiger charge is 2.19. The van der Waals surface area contributed by atoms with Gasteiger partial charge in [-0.2, -0.15) is 0 Å². The molecule has 0 saturated heterocycles. The summed E-state index contributed by atoms with van der Waals surface area (Å²) < 4.78 is 8.04. The Bertz CT molecular complexity index is 601. The Labute approximate surface area is 143 Å². The number of halogens is 2. The Morgan fingerprint density at radius 3 is 2.57 bits per heavy atom. The van der Waals surface area contributed by atoms with Crippen LogP contribution in [-0.2, 0) is 0 Å². The summed E-state index contributed by atoms with van der Waals surface area (Å²) in [5, 5.41) is 3.39. The minimum atomic E-state index is 0.0740. The van der Waals surface area contributed by atoms with E-state index in [1.54, 1.807) is 0 Å². The predicted octanol–water partition coefficient (Wildman–Crippen LogP) is 5.31. The SMILES string of the molecule is CCCOc1ccccc1C(NC)c1cc(Br)ccc1Br. The average molecular weight is 413 g/mol. The van der Waals surface area contributed by atoms with Crippen LogP contribution in [0.5, 0.6) is 5.75 Å². The van der Waals surface area contributed by atoms with Gasteiger partial charge in [-0.3, -0.25) is 0 Å². The van der Waals surface area contributed by atoms with Crippen molar-refractivity contribution in [3.63, 3.8) is 0 Å². The summed E-state index contributed by atoms with van der Waals surface area (Å²) in [6, 6.07) is 14.5. The minimum Gasteiger partial charge on any atom is -0.493 e. The zero-order valence-electron chi connectivity index (χ0n) is 12.2. The lowest BCUT2D eigenvalue weighted by atomic mass is 9.98. The molecule has 4 heteroatoms. The maximum atomic E-state index is 5.89. The van der Waals surface area contributed by atoms with E-state index in [9.17, 15) is 0 Å². The smallest absolute Gasteiger partial charge is 0.124 e. The van der Waals surface area contributed by atoms with E-state index in [0.29, 0.717) is 0 Å². The average Bonchev–Trinajstić information content (AvgIpc) is 2.50. The van der Waals surface area contributed by atoms with E-state index >= 15 is 0 Å². The van der Waals surface area contributed by atoms with E-state index in [-0.39, 0.29) is 6.04 Å². The second-order valence-corrected chi connectivity index (χ2v) is 6.54. The third-order valence-corrected chi connectivity index (χ3v) is 4.46. The molecule has 2 aromatic rings. The van der Waals surface area contributed by atoms with Crippen LogP contribution in [0, 0.1) is 0 Å². The Hall–Kier alpha value is -0.840. The second kappa shape index (κ2) is 7.97. The third-order valence-electron chi connectivity index (χ3n) is 3.25. The van der Waals surface area contributed by atoms with Gasteiger partial charge in [0.05, 0.1) is 12.6 Å². The molecule has 0 aliphatic carbocycles. The van der Waals surface area contributed by atoms with Crippen molar-refractivity contribution in [2.75, 3.05) is 13.7 Å². The molecule has 2 rings (SSSR count). The number of nitrogens with one attached hydrogen (secondary N) is 1. The first-order valence-corrected chi connectivity index (χ1v) is 8.60. The van der Waals surface area contributed by atoms with Crippen molar-refractivity contribution in [2.45, 2.75) is 19.4 Å². The van der Waals surface area contributed by atoms with E-state index in [1.165, 1.54) is 5.56 Å². The van der Waals surface area contributed by atoms with E-state index in [2.05, 4.69) is 62.3 Å². The van der Waals surface area contributed by atoms with Gasteiger partial charge in [0.2, 0.25) is 0 Å². The number of hydrogen-bond donors (Lipinski definition) is 1. The number of rotatable bonds is 6. The van der Waals surface area contributed by atoms with Crippen molar-refractivity contribution in [3.05, 3.63) is 62.5 Å². The first-order chi connectivity index (χ1) is 10.2. The zero-order chi connectivity index (χ0) is 15.2. The van der Waals surface area contributed by atoms with Crippen molar-refractivity contribution in [2.24, 2.45) is 0 Å². The summed E-state index contributed by atoms with van der Waals surface area (Å²) in [6.45, 7) is 2.84. The predicted molar refractivity (Wildman–Crippen MR) is 95.0 cm³/mol. The standard InChI is InChI=1S/C17H19Br2NO/c1-3-10-21-16-7-5-4-6-13(16)17(20-2)14-11-12(18)8-9-15(14)19/h4-9,11,17,20H,3,10H2,1-2H3. The van der Waals surface area contributed by atoms with Gasteiger partial charge in [-0.05, 0) is 43.3 Å². The highest BCUT2D eigenvalue weighted by Crippen LogP contribution is 2.35. The quantitative estimate of drug-likeness (QED) is 0.694. The van der Waals surface area contributed by atoms with E-state index < -0.39 is 0 Å². The first kappa shape index (κ1) is 16.5. The molecule has 1 unspecified atom stereocenters. The molecule has 0 bridgehead atoms. The molecule has 112 valence electrons. The van der Waals surface area contributed by atoms with Crippen LogP contribution in [0.15, 0.2) is 51.4 Å². The molecule has 0 radical (unpaired) electrons. The van der Waals surface area contributed by atoms with Crippen LogP contribution in [0.25, 0.3) is 0 Å². The lowest BCUT2D eigenvalue weighted by molar-refractivity contribution is 0.312. The van der Waals surface area contributed by atoms with Gasteiger partial charge in [0, 0.05) is 14.5 Å². The van der Waals surface area contributed by atoms with Crippen LogP contribution in [0.4, 0.5) is 0 Å². The third kappa shape index (κ3) is 4.09. The van der Waals surface area contributed by atoms with Gasteiger partial charge in [0.15, 0.2) is 0 Å². The summed E-state index contributed by atoms with van der Waals surface area (Å²) in [5.41, 5.74) is 2.33. The molecule has 21 heavy (non-hydrogen) atoms. The molecule has 0 spiro atoms. The molecule has 2 aromatic carbocycles. The molecule has 0 heterocycles. The number of para-hydroxylation sites is 1.